The largest absolute Gasteiger partial charge is 0.299 e. The van der Waals surface area contributed by atoms with Crippen molar-refractivity contribution in [2.45, 2.75) is 72.6 Å². The summed E-state index contributed by atoms with van der Waals surface area (Å²) in [6.45, 7) is 9.28. The van der Waals surface area contributed by atoms with E-state index in [9.17, 15) is 4.79 Å². The van der Waals surface area contributed by atoms with Gasteiger partial charge in [-0.1, -0.05) is 44.9 Å². The van der Waals surface area contributed by atoms with Crippen molar-refractivity contribution in [1.29, 1.82) is 0 Å². The standard InChI is InChI=1S/C20H32O/c1-5-11-19(3)13-9-18-16(15-19)7-8-17(10-14-21)20(18,4)12-6-2/h6,10,12,14,16,18H,5,7-9,11,13,15H2,1-4H3/b12-6-,17-10-. The highest BCUT2D eigenvalue weighted by atomic mass is 16.1. The Morgan fingerprint density at radius 1 is 1.29 bits per heavy atom. The lowest BCUT2D eigenvalue weighted by molar-refractivity contribution is -0.104. The van der Waals surface area contributed by atoms with E-state index in [2.05, 4.69) is 39.8 Å². The third-order valence-electron chi connectivity index (χ3n) is 6.27. The molecule has 0 aliphatic heterocycles. The summed E-state index contributed by atoms with van der Waals surface area (Å²) in [5.74, 6) is 1.55. The molecular formula is C20H32O. The minimum absolute atomic E-state index is 0.103. The highest BCUT2D eigenvalue weighted by Gasteiger charge is 2.48. The third-order valence-corrected chi connectivity index (χ3v) is 6.27. The van der Waals surface area contributed by atoms with E-state index in [4.69, 9.17) is 0 Å². The first-order chi connectivity index (χ1) is 9.99. The van der Waals surface area contributed by atoms with Crippen molar-refractivity contribution in [3.05, 3.63) is 23.8 Å². The van der Waals surface area contributed by atoms with Gasteiger partial charge in [-0.05, 0) is 68.8 Å². The van der Waals surface area contributed by atoms with Gasteiger partial charge >= 0.3 is 0 Å². The summed E-state index contributed by atoms with van der Waals surface area (Å²) in [7, 11) is 0. The summed E-state index contributed by atoms with van der Waals surface area (Å²) in [6.07, 6.45) is 16.5. The zero-order valence-electron chi connectivity index (χ0n) is 14.3. The van der Waals surface area contributed by atoms with Crippen LogP contribution < -0.4 is 0 Å². The van der Waals surface area contributed by atoms with Crippen LogP contribution in [0.3, 0.4) is 0 Å². The average molecular weight is 288 g/mol. The van der Waals surface area contributed by atoms with E-state index in [0.717, 1.165) is 24.5 Å². The zero-order chi connectivity index (χ0) is 15.5. The van der Waals surface area contributed by atoms with E-state index in [1.807, 2.05) is 6.08 Å². The van der Waals surface area contributed by atoms with Crippen molar-refractivity contribution >= 4 is 6.29 Å². The molecule has 0 aromatic rings. The molecule has 2 saturated carbocycles. The molecule has 0 aromatic heterocycles. The summed E-state index contributed by atoms with van der Waals surface area (Å²) < 4.78 is 0. The Balaban J connectivity index is 2.27. The Labute approximate surface area is 130 Å². The lowest BCUT2D eigenvalue weighted by Crippen LogP contribution is -2.43. The second-order valence-corrected chi connectivity index (χ2v) is 7.82. The number of rotatable bonds is 4. The van der Waals surface area contributed by atoms with Gasteiger partial charge in [0.1, 0.15) is 6.29 Å². The molecule has 0 radical (unpaired) electrons. The first-order valence-electron chi connectivity index (χ1n) is 8.78. The van der Waals surface area contributed by atoms with Crippen LogP contribution in [-0.2, 0) is 4.79 Å². The number of hydrogen-bond acceptors (Lipinski definition) is 1. The van der Waals surface area contributed by atoms with Gasteiger partial charge in [-0.25, -0.2) is 0 Å². The normalized spacial score (nSPS) is 42.2. The second-order valence-electron chi connectivity index (χ2n) is 7.82. The van der Waals surface area contributed by atoms with E-state index in [1.54, 1.807) is 0 Å². The van der Waals surface area contributed by atoms with Crippen LogP contribution in [0.5, 0.6) is 0 Å². The van der Waals surface area contributed by atoms with E-state index in [0.29, 0.717) is 5.41 Å². The molecule has 2 aliphatic rings. The first kappa shape index (κ1) is 16.5. The van der Waals surface area contributed by atoms with E-state index < -0.39 is 0 Å². The molecule has 21 heavy (non-hydrogen) atoms. The van der Waals surface area contributed by atoms with Crippen LogP contribution in [0.2, 0.25) is 0 Å². The molecule has 0 amide bonds. The summed E-state index contributed by atoms with van der Waals surface area (Å²) in [5.41, 5.74) is 2.01. The van der Waals surface area contributed by atoms with Crippen LogP contribution in [0.25, 0.3) is 0 Å². The molecule has 1 nitrogen and oxygen atoms in total. The van der Waals surface area contributed by atoms with Gasteiger partial charge in [0.25, 0.3) is 0 Å². The zero-order valence-corrected chi connectivity index (χ0v) is 14.3. The molecule has 0 spiro atoms. The highest BCUT2D eigenvalue weighted by Crippen LogP contribution is 2.58. The Hall–Kier alpha value is -0.850. The molecule has 4 atom stereocenters. The number of allylic oxidation sites excluding steroid dienone is 4. The molecule has 2 rings (SSSR count). The first-order valence-corrected chi connectivity index (χ1v) is 8.78. The van der Waals surface area contributed by atoms with Gasteiger partial charge in [-0.2, -0.15) is 0 Å². The molecule has 4 unspecified atom stereocenters. The minimum atomic E-state index is 0.103. The average Bonchev–Trinajstić information content (AvgIpc) is 2.42. The van der Waals surface area contributed by atoms with Crippen LogP contribution in [0.15, 0.2) is 23.8 Å². The molecule has 0 bridgehead atoms. The molecule has 0 heterocycles. The molecule has 2 aliphatic carbocycles. The maximum absolute atomic E-state index is 11.0. The predicted molar refractivity (Wildman–Crippen MR) is 90.1 cm³/mol. The van der Waals surface area contributed by atoms with Gasteiger partial charge in [0.15, 0.2) is 0 Å². The Morgan fingerprint density at radius 3 is 2.67 bits per heavy atom. The van der Waals surface area contributed by atoms with Crippen molar-refractivity contribution in [1.82, 2.24) is 0 Å². The monoisotopic (exact) mass is 288 g/mol. The van der Waals surface area contributed by atoms with Gasteiger partial charge in [0, 0.05) is 5.41 Å². The third kappa shape index (κ3) is 3.17. The molecule has 118 valence electrons. The fourth-order valence-electron chi connectivity index (χ4n) is 5.31. The smallest absolute Gasteiger partial charge is 0.142 e. The Bertz CT molecular complexity index is 433. The Morgan fingerprint density at radius 2 is 2.05 bits per heavy atom. The lowest BCUT2D eigenvalue weighted by atomic mass is 9.51. The number of hydrogen-bond donors (Lipinski definition) is 0. The van der Waals surface area contributed by atoms with Gasteiger partial charge < -0.3 is 0 Å². The van der Waals surface area contributed by atoms with Crippen LogP contribution in [0.4, 0.5) is 0 Å². The van der Waals surface area contributed by atoms with Crippen molar-refractivity contribution in [2.75, 3.05) is 0 Å². The Kier molecular flexibility index (Phi) is 5.11. The van der Waals surface area contributed by atoms with Crippen LogP contribution in [-0.4, -0.2) is 6.29 Å². The molecule has 0 saturated heterocycles. The number of carbonyl (C=O) groups is 1. The van der Waals surface area contributed by atoms with Gasteiger partial charge in [0.2, 0.25) is 0 Å². The van der Waals surface area contributed by atoms with Crippen LogP contribution in [0, 0.1) is 22.7 Å². The summed E-state index contributed by atoms with van der Waals surface area (Å²) >= 11 is 0. The minimum Gasteiger partial charge on any atom is -0.299 e. The van der Waals surface area contributed by atoms with Crippen molar-refractivity contribution in [2.24, 2.45) is 22.7 Å². The number of aldehydes is 1. The van der Waals surface area contributed by atoms with Gasteiger partial charge in [-0.3, -0.25) is 4.79 Å². The van der Waals surface area contributed by atoms with Crippen LogP contribution in [0.1, 0.15) is 72.6 Å². The van der Waals surface area contributed by atoms with Crippen LogP contribution >= 0.6 is 0 Å². The molecule has 0 aromatic carbocycles. The highest BCUT2D eigenvalue weighted by molar-refractivity contribution is 5.67. The molecular weight excluding hydrogens is 256 g/mol. The molecule has 0 N–H and O–H groups in total. The van der Waals surface area contributed by atoms with Gasteiger partial charge in [-0.15, -0.1) is 0 Å². The van der Waals surface area contributed by atoms with Crippen molar-refractivity contribution in [3.63, 3.8) is 0 Å². The molecule has 2 fully saturated rings. The van der Waals surface area contributed by atoms with Gasteiger partial charge in [0.05, 0.1) is 0 Å². The SMILES string of the molecule is C/C=C\C1(C)/C(=C\C=O)CCC2CC(C)(CCC)CCC21. The van der Waals surface area contributed by atoms with E-state index in [1.165, 1.54) is 44.1 Å². The van der Waals surface area contributed by atoms with E-state index >= 15 is 0 Å². The maximum atomic E-state index is 11.0. The summed E-state index contributed by atoms with van der Waals surface area (Å²) in [4.78, 5) is 11.0. The summed E-state index contributed by atoms with van der Waals surface area (Å²) in [5, 5.41) is 0. The number of fused-ring (bicyclic) bond motifs is 1. The predicted octanol–water partition coefficient (Wildman–Crippen LogP) is 5.71. The fourth-order valence-corrected chi connectivity index (χ4v) is 5.31. The lowest BCUT2D eigenvalue weighted by Gasteiger charge is -2.53. The quantitative estimate of drug-likeness (QED) is 0.368. The fraction of sp³-hybridized carbons (Fsp3) is 0.750. The van der Waals surface area contributed by atoms with Crippen molar-refractivity contribution < 1.29 is 4.79 Å². The second kappa shape index (κ2) is 6.50. The van der Waals surface area contributed by atoms with E-state index in [-0.39, 0.29) is 5.41 Å². The molecule has 1 heteroatoms. The maximum Gasteiger partial charge on any atom is 0.142 e. The van der Waals surface area contributed by atoms with Crippen molar-refractivity contribution in [3.8, 4) is 0 Å². The topological polar surface area (TPSA) is 17.1 Å². The summed E-state index contributed by atoms with van der Waals surface area (Å²) in [6, 6.07) is 0. The number of carbonyl (C=O) groups excluding carboxylic acids is 1.